The maximum atomic E-state index is 11.5. The van der Waals surface area contributed by atoms with Gasteiger partial charge >= 0.3 is 0 Å². The highest BCUT2D eigenvalue weighted by atomic mass is 16.5. The van der Waals surface area contributed by atoms with Gasteiger partial charge in [-0.3, -0.25) is 4.79 Å². The number of ether oxygens (including phenoxy) is 1. The van der Waals surface area contributed by atoms with Crippen LogP contribution in [0.15, 0.2) is 0 Å². The molecule has 0 radical (unpaired) electrons. The molecule has 2 atom stereocenters. The molecule has 0 aromatic heterocycles. The van der Waals surface area contributed by atoms with Crippen LogP contribution in [0.2, 0.25) is 0 Å². The quantitative estimate of drug-likeness (QED) is 0.568. The molecule has 0 saturated carbocycles. The maximum Gasteiger partial charge on any atom is 0.241 e. The molecule has 1 heterocycles. The van der Waals surface area contributed by atoms with Gasteiger partial charge in [-0.25, -0.2) is 0 Å². The van der Waals surface area contributed by atoms with Crippen molar-refractivity contribution in [3.05, 3.63) is 0 Å². The summed E-state index contributed by atoms with van der Waals surface area (Å²) in [6.45, 7) is 1.22. The van der Waals surface area contributed by atoms with Gasteiger partial charge in [0.2, 0.25) is 5.91 Å². The predicted octanol–water partition coefficient (Wildman–Crippen LogP) is -1.45. The van der Waals surface area contributed by atoms with Crippen molar-refractivity contribution in [1.82, 2.24) is 4.90 Å². The van der Waals surface area contributed by atoms with Crippen LogP contribution >= 0.6 is 0 Å². The minimum atomic E-state index is -0.602. The molecule has 1 aliphatic heterocycles. The van der Waals surface area contributed by atoms with Crippen LogP contribution in [0.3, 0.4) is 0 Å². The first-order valence-electron chi connectivity index (χ1n) is 4.36. The second-order valence-electron chi connectivity index (χ2n) is 3.29. The van der Waals surface area contributed by atoms with Gasteiger partial charge in [-0.2, -0.15) is 0 Å². The van der Waals surface area contributed by atoms with Gasteiger partial charge in [0.15, 0.2) is 0 Å². The number of carbonyl (C=O) groups is 1. The highest BCUT2D eigenvalue weighted by Crippen LogP contribution is 2.09. The van der Waals surface area contributed by atoms with Crippen molar-refractivity contribution in [2.45, 2.75) is 18.6 Å². The fraction of sp³-hybridized carbons (Fsp3) is 0.875. The van der Waals surface area contributed by atoms with E-state index in [9.17, 15) is 9.90 Å². The van der Waals surface area contributed by atoms with E-state index in [1.165, 1.54) is 7.11 Å². The Kier molecular flexibility index (Phi) is 3.65. The number of likely N-dealkylation sites (tertiary alicyclic amines) is 1. The van der Waals surface area contributed by atoms with Gasteiger partial charge in [-0.1, -0.05) is 0 Å². The van der Waals surface area contributed by atoms with E-state index in [2.05, 4.69) is 0 Å². The smallest absolute Gasteiger partial charge is 0.241 e. The monoisotopic (exact) mass is 188 g/mol. The molecule has 1 amide bonds. The Hall–Kier alpha value is -0.650. The molecule has 0 aromatic rings. The Morgan fingerprint density at radius 3 is 3.00 bits per heavy atom. The number of hydrogen-bond donors (Lipinski definition) is 2. The second-order valence-corrected chi connectivity index (χ2v) is 3.29. The van der Waals surface area contributed by atoms with E-state index < -0.39 is 12.1 Å². The SMILES string of the molecule is COCC(N)C(=O)N1CC[C@@H](O)C1. The molecule has 13 heavy (non-hydrogen) atoms. The minimum Gasteiger partial charge on any atom is -0.391 e. The van der Waals surface area contributed by atoms with Crippen LogP contribution in [0, 0.1) is 0 Å². The van der Waals surface area contributed by atoms with E-state index in [4.69, 9.17) is 10.5 Å². The lowest BCUT2D eigenvalue weighted by Crippen LogP contribution is -2.45. The van der Waals surface area contributed by atoms with Gasteiger partial charge in [0.25, 0.3) is 0 Å². The molecule has 1 fully saturated rings. The molecule has 1 saturated heterocycles. The van der Waals surface area contributed by atoms with Crippen LogP contribution in [-0.2, 0) is 9.53 Å². The molecule has 1 aliphatic rings. The Morgan fingerprint density at radius 2 is 2.54 bits per heavy atom. The molecule has 5 nitrogen and oxygen atoms in total. The summed E-state index contributed by atoms with van der Waals surface area (Å²) in [7, 11) is 1.51. The van der Waals surface area contributed by atoms with Gasteiger partial charge in [0.05, 0.1) is 12.7 Å². The standard InChI is InChI=1S/C8H16N2O3/c1-13-5-7(9)8(12)10-3-2-6(11)4-10/h6-7,11H,2-5,9H2,1H3/t6-,7?/m1/s1. The van der Waals surface area contributed by atoms with Crippen LogP contribution < -0.4 is 5.73 Å². The van der Waals surface area contributed by atoms with Crippen molar-refractivity contribution in [3.8, 4) is 0 Å². The summed E-state index contributed by atoms with van der Waals surface area (Å²) in [5.41, 5.74) is 5.56. The molecule has 5 heteroatoms. The largest absolute Gasteiger partial charge is 0.391 e. The zero-order valence-electron chi connectivity index (χ0n) is 7.77. The normalized spacial score (nSPS) is 24.8. The Morgan fingerprint density at radius 1 is 1.85 bits per heavy atom. The van der Waals surface area contributed by atoms with Crippen molar-refractivity contribution in [3.63, 3.8) is 0 Å². The molecule has 0 spiro atoms. The van der Waals surface area contributed by atoms with Crippen LogP contribution in [0.25, 0.3) is 0 Å². The highest BCUT2D eigenvalue weighted by molar-refractivity contribution is 5.82. The van der Waals surface area contributed by atoms with E-state index in [1.54, 1.807) is 4.90 Å². The van der Waals surface area contributed by atoms with Crippen LogP contribution in [0.4, 0.5) is 0 Å². The number of aliphatic hydroxyl groups excluding tert-OH is 1. The third-order valence-electron chi connectivity index (χ3n) is 2.14. The number of methoxy groups -OCH3 is 1. The van der Waals surface area contributed by atoms with Gasteiger partial charge < -0.3 is 20.5 Å². The topological polar surface area (TPSA) is 75.8 Å². The van der Waals surface area contributed by atoms with Crippen molar-refractivity contribution >= 4 is 5.91 Å². The van der Waals surface area contributed by atoms with E-state index in [-0.39, 0.29) is 12.5 Å². The molecule has 1 rings (SSSR count). The lowest BCUT2D eigenvalue weighted by Gasteiger charge is -2.19. The Bertz CT molecular complexity index is 186. The summed E-state index contributed by atoms with van der Waals surface area (Å²) in [5, 5.41) is 9.19. The summed E-state index contributed by atoms with van der Waals surface area (Å²) in [4.78, 5) is 13.1. The van der Waals surface area contributed by atoms with E-state index >= 15 is 0 Å². The Labute approximate surface area is 77.5 Å². The van der Waals surface area contributed by atoms with E-state index in [0.29, 0.717) is 19.5 Å². The first-order chi connectivity index (χ1) is 6.15. The van der Waals surface area contributed by atoms with Crippen molar-refractivity contribution in [1.29, 1.82) is 0 Å². The first-order valence-corrected chi connectivity index (χ1v) is 4.36. The number of rotatable bonds is 3. The fourth-order valence-corrected chi connectivity index (χ4v) is 1.43. The number of nitrogens with zero attached hydrogens (tertiary/aromatic N) is 1. The predicted molar refractivity (Wildman–Crippen MR) is 47.1 cm³/mol. The summed E-state index contributed by atoms with van der Waals surface area (Å²) in [5.74, 6) is -0.140. The molecule has 0 aliphatic carbocycles. The number of aliphatic hydroxyl groups is 1. The lowest BCUT2D eigenvalue weighted by atomic mass is 10.3. The molecule has 76 valence electrons. The number of amides is 1. The van der Waals surface area contributed by atoms with Crippen molar-refractivity contribution in [2.24, 2.45) is 5.73 Å². The number of β-amino-alcohol motifs (C(OH)–C–C–N with tert-alkyl or cyclic N) is 1. The summed E-state index contributed by atoms with van der Waals surface area (Å²) in [6, 6.07) is -0.602. The van der Waals surface area contributed by atoms with Crippen LogP contribution in [0.1, 0.15) is 6.42 Å². The molecule has 3 N–H and O–H groups in total. The van der Waals surface area contributed by atoms with Gasteiger partial charge in [0.1, 0.15) is 6.04 Å². The number of carbonyl (C=O) groups excluding carboxylic acids is 1. The second kappa shape index (κ2) is 4.55. The lowest BCUT2D eigenvalue weighted by molar-refractivity contribution is -0.133. The molecular formula is C8H16N2O3. The third-order valence-corrected chi connectivity index (χ3v) is 2.14. The number of hydrogen-bond acceptors (Lipinski definition) is 4. The van der Waals surface area contributed by atoms with Gasteiger partial charge in [0, 0.05) is 20.2 Å². The summed E-state index contributed by atoms with van der Waals surface area (Å²) >= 11 is 0. The maximum absolute atomic E-state index is 11.5. The summed E-state index contributed by atoms with van der Waals surface area (Å²) < 4.78 is 4.78. The number of nitrogens with two attached hydrogens (primary N) is 1. The van der Waals surface area contributed by atoms with Crippen molar-refractivity contribution < 1.29 is 14.6 Å². The van der Waals surface area contributed by atoms with Crippen LogP contribution in [0.5, 0.6) is 0 Å². The molecule has 0 bridgehead atoms. The summed E-state index contributed by atoms with van der Waals surface area (Å²) in [6.07, 6.45) is 0.254. The molecular weight excluding hydrogens is 172 g/mol. The fourth-order valence-electron chi connectivity index (χ4n) is 1.43. The van der Waals surface area contributed by atoms with Crippen molar-refractivity contribution in [2.75, 3.05) is 26.8 Å². The minimum absolute atomic E-state index is 0.140. The third kappa shape index (κ3) is 2.65. The molecule has 1 unspecified atom stereocenters. The van der Waals surface area contributed by atoms with Gasteiger partial charge in [-0.05, 0) is 6.42 Å². The van der Waals surface area contributed by atoms with Crippen LogP contribution in [-0.4, -0.2) is 54.9 Å². The Balaban J connectivity index is 2.38. The van der Waals surface area contributed by atoms with E-state index in [0.717, 1.165) is 0 Å². The zero-order chi connectivity index (χ0) is 9.84. The average molecular weight is 188 g/mol. The zero-order valence-corrected chi connectivity index (χ0v) is 7.77. The first kappa shape index (κ1) is 10.4. The molecule has 0 aromatic carbocycles. The average Bonchev–Trinajstić information content (AvgIpc) is 2.51. The van der Waals surface area contributed by atoms with Gasteiger partial charge in [-0.15, -0.1) is 0 Å². The van der Waals surface area contributed by atoms with E-state index in [1.807, 2.05) is 0 Å². The highest BCUT2D eigenvalue weighted by Gasteiger charge is 2.27.